The van der Waals surface area contributed by atoms with Crippen molar-refractivity contribution in [1.82, 2.24) is 58.3 Å². The summed E-state index contributed by atoms with van der Waals surface area (Å²) >= 11 is 0. The SMILES string of the molecule is Cc1cc(-n2nc3c(c2-n2ccn(-c4ccc5c(cnn5C5CC5)c4F)c2=O)C(C)N(C(=O)c2cc4nc(C5CCOCC5)cnc4n2C2(c4noc(=O)[nH]4)CC2C)CC3)cc(C)c1F. The van der Waals surface area contributed by atoms with E-state index in [0.29, 0.717) is 87.7 Å². The van der Waals surface area contributed by atoms with Crippen LogP contribution >= 0.6 is 0 Å². The normalized spacial score (nSPS) is 21.2. The first-order valence-electron chi connectivity index (χ1n) is 22.1. The fourth-order valence-corrected chi connectivity index (χ4v) is 10.4. The number of nitrogens with one attached hydrogen (secondary N) is 1. The zero-order valence-corrected chi connectivity index (χ0v) is 36.1. The van der Waals surface area contributed by atoms with Crippen molar-refractivity contribution >= 4 is 28.0 Å². The van der Waals surface area contributed by atoms with Gasteiger partial charge in [-0.3, -0.25) is 28.1 Å². The van der Waals surface area contributed by atoms with E-state index >= 15 is 13.6 Å². The molecule has 0 bridgehead atoms. The number of halogens is 2. The quantitative estimate of drug-likeness (QED) is 0.183. The maximum Gasteiger partial charge on any atom is 0.438 e. The van der Waals surface area contributed by atoms with Crippen molar-refractivity contribution in [2.75, 3.05) is 19.8 Å². The first-order valence-corrected chi connectivity index (χ1v) is 22.1. The summed E-state index contributed by atoms with van der Waals surface area (Å²) in [5, 5.41) is 13.9. The zero-order valence-electron chi connectivity index (χ0n) is 36.1. The lowest BCUT2D eigenvalue weighted by Gasteiger charge is -2.34. The number of aromatic nitrogens is 11. The maximum atomic E-state index is 16.4. The molecule has 6 aromatic heterocycles. The Bertz CT molecular complexity index is 3370. The van der Waals surface area contributed by atoms with Gasteiger partial charge in [0.1, 0.15) is 28.4 Å². The monoisotopic (exact) mass is 882 g/mol. The Morgan fingerprint density at radius 3 is 2.42 bits per heavy atom. The van der Waals surface area contributed by atoms with E-state index in [4.69, 9.17) is 24.3 Å². The highest BCUT2D eigenvalue weighted by molar-refractivity contribution is 5.98. The number of imidazole rings is 1. The number of ether oxygens (including phenoxy) is 1. The molecule has 2 saturated carbocycles. The van der Waals surface area contributed by atoms with Crippen LogP contribution in [0.25, 0.3) is 39.3 Å². The molecule has 2 aromatic carbocycles. The number of carbonyl (C=O) groups is 1. The van der Waals surface area contributed by atoms with Gasteiger partial charge in [-0.2, -0.15) is 10.2 Å². The number of nitrogens with zero attached hydrogens (tertiary/aromatic N) is 11. The highest BCUT2D eigenvalue weighted by Gasteiger charge is 2.59. The van der Waals surface area contributed by atoms with Crippen molar-refractivity contribution in [3.8, 4) is 17.2 Å². The molecule has 3 atom stereocenters. The molecule has 19 heteroatoms. The van der Waals surface area contributed by atoms with Crippen LogP contribution in [0.15, 0.2) is 69.2 Å². The van der Waals surface area contributed by atoms with Crippen LogP contribution in [-0.2, 0) is 16.7 Å². The second-order valence-corrected chi connectivity index (χ2v) is 18.1. The summed E-state index contributed by atoms with van der Waals surface area (Å²) in [6, 6.07) is 8.05. The van der Waals surface area contributed by atoms with Crippen LogP contribution in [0.1, 0.15) is 108 Å². The number of carbonyl (C=O) groups excluding carboxylic acids is 1. The van der Waals surface area contributed by atoms with Crippen molar-refractivity contribution in [3.63, 3.8) is 0 Å². The van der Waals surface area contributed by atoms with Crippen LogP contribution < -0.4 is 11.4 Å². The molecule has 3 fully saturated rings. The van der Waals surface area contributed by atoms with Crippen molar-refractivity contribution in [3.05, 3.63) is 127 Å². The Kier molecular flexibility index (Phi) is 8.67. The fraction of sp³-hybridized carbons (Fsp3) is 0.391. The molecule has 0 radical (unpaired) electrons. The Hall–Kier alpha value is -7.02. The van der Waals surface area contributed by atoms with Crippen molar-refractivity contribution < 1.29 is 22.8 Å². The number of amides is 1. The van der Waals surface area contributed by atoms with E-state index in [9.17, 15) is 9.59 Å². The first kappa shape index (κ1) is 39.6. The molecule has 17 nitrogen and oxygen atoms in total. The standard InChI is InChI=1S/C46H44F2N12O5/c1-23-17-29(18-24(2)38(23)47)60-41(57-14-13-56(45(57)63)35-8-7-34-30(39(35)48)21-50-59(34)28-5-6-28)37-26(4)55(12-9-31(37)53-60)42(61)36-19-32-40(49-22-33(51-32)27-10-15-64-16-11-27)58(36)46(20-25(46)3)43-52-44(62)65-54-43/h7-8,13-14,17-19,21-22,25-28H,5-6,9-12,15-16,20H2,1-4H3,(H,52,54,62). The number of hydrogen-bond acceptors (Lipinski definition) is 10. The lowest BCUT2D eigenvalue weighted by atomic mass is 9.97. The van der Waals surface area contributed by atoms with E-state index in [1.807, 2.05) is 23.1 Å². The Labute approximate surface area is 368 Å². The van der Waals surface area contributed by atoms with Gasteiger partial charge in [0.2, 0.25) is 0 Å². The van der Waals surface area contributed by atoms with Gasteiger partial charge in [-0.05, 0) is 100 Å². The minimum absolute atomic E-state index is 0.0570. The second-order valence-electron chi connectivity index (χ2n) is 18.1. The number of benzene rings is 2. The van der Waals surface area contributed by atoms with Gasteiger partial charge >= 0.3 is 11.4 Å². The van der Waals surface area contributed by atoms with E-state index in [2.05, 4.69) is 15.2 Å². The number of fused-ring (bicyclic) bond motifs is 3. The van der Waals surface area contributed by atoms with Gasteiger partial charge in [0, 0.05) is 50.1 Å². The first-order chi connectivity index (χ1) is 31.4. The van der Waals surface area contributed by atoms with Gasteiger partial charge in [-0.1, -0.05) is 12.1 Å². The number of hydrogen-bond donors (Lipinski definition) is 1. The summed E-state index contributed by atoms with van der Waals surface area (Å²) in [7, 11) is 0. The average molecular weight is 883 g/mol. The maximum absolute atomic E-state index is 16.4. The fourth-order valence-electron chi connectivity index (χ4n) is 10.4. The van der Waals surface area contributed by atoms with Crippen LogP contribution in [0, 0.1) is 31.4 Å². The van der Waals surface area contributed by atoms with E-state index in [1.165, 1.54) is 21.5 Å². The van der Waals surface area contributed by atoms with Crippen LogP contribution in [0.2, 0.25) is 0 Å². The topological polar surface area (TPSA) is 182 Å². The summed E-state index contributed by atoms with van der Waals surface area (Å²) in [6.45, 7) is 8.75. The number of H-pyrrole nitrogens is 1. The van der Waals surface area contributed by atoms with E-state index < -0.39 is 28.8 Å². The smallest absolute Gasteiger partial charge is 0.381 e. The Balaban J connectivity index is 0.998. The van der Waals surface area contributed by atoms with E-state index in [-0.39, 0.29) is 47.7 Å². The molecule has 8 heterocycles. The van der Waals surface area contributed by atoms with Crippen molar-refractivity contribution in [2.45, 2.75) is 89.8 Å². The molecular weight excluding hydrogens is 839 g/mol. The van der Waals surface area contributed by atoms with Gasteiger partial charge in [0.15, 0.2) is 17.3 Å². The van der Waals surface area contributed by atoms with Gasteiger partial charge in [-0.25, -0.2) is 33.0 Å². The van der Waals surface area contributed by atoms with Gasteiger partial charge in [-0.15, -0.1) is 0 Å². The minimum atomic E-state index is -0.947. The number of aromatic amines is 1. The Morgan fingerprint density at radius 2 is 1.71 bits per heavy atom. The van der Waals surface area contributed by atoms with Crippen LogP contribution in [0.3, 0.4) is 0 Å². The summed E-state index contributed by atoms with van der Waals surface area (Å²) in [5.74, 6) is -1.26. The molecule has 12 rings (SSSR count). The molecule has 1 amide bonds. The third kappa shape index (κ3) is 5.89. The molecule has 0 spiro atoms. The second kappa shape index (κ2) is 14.2. The van der Waals surface area contributed by atoms with Gasteiger partial charge in [0.25, 0.3) is 5.91 Å². The van der Waals surface area contributed by atoms with Gasteiger partial charge < -0.3 is 14.2 Å². The highest BCUT2D eigenvalue weighted by Crippen LogP contribution is 2.56. The molecule has 1 N–H and O–H groups in total. The molecule has 8 aromatic rings. The molecule has 1 saturated heterocycles. The molecule has 332 valence electrons. The summed E-state index contributed by atoms with van der Waals surface area (Å²) in [4.78, 5) is 57.1. The van der Waals surface area contributed by atoms with Crippen LogP contribution in [-0.4, -0.2) is 83.9 Å². The third-order valence-electron chi connectivity index (χ3n) is 14.1. The largest absolute Gasteiger partial charge is 0.438 e. The molecule has 65 heavy (non-hydrogen) atoms. The molecule has 2 aliphatic heterocycles. The Morgan fingerprint density at radius 1 is 0.954 bits per heavy atom. The van der Waals surface area contributed by atoms with Crippen molar-refractivity contribution in [1.29, 1.82) is 0 Å². The summed E-state index contributed by atoms with van der Waals surface area (Å²) in [5.41, 5.74) is 3.85. The molecule has 3 unspecified atom stereocenters. The number of rotatable bonds is 8. The van der Waals surface area contributed by atoms with E-state index in [1.54, 1.807) is 66.2 Å². The minimum Gasteiger partial charge on any atom is -0.381 e. The highest BCUT2D eigenvalue weighted by atomic mass is 19.1. The average Bonchev–Trinajstić information content (AvgIpc) is 3.83. The molecular formula is C46H44F2N12O5. The predicted octanol–water partition coefficient (Wildman–Crippen LogP) is 6.25. The predicted molar refractivity (Wildman–Crippen MR) is 231 cm³/mol. The van der Waals surface area contributed by atoms with Gasteiger partial charge in [0.05, 0.1) is 58.1 Å². The van der Waals surface area contributed by atoms with Crippen LogP contribution in [0.4, 0.5) is 8.78 Å². The summed E-state index contributed by atoms with van der Waals surface area (Å²) < 4.78 is 50.1. The lowest BCUT2D eigenvalue weighted by molar-refractivity contribution is 0.0663. The zero-order chi connectivity index (χ0) is 44.6. The molecule has 2 aliphatic carbocycles. The summed E-state index contributed by atoms with van der Waals surface area (Å²) in [6.07, 6.45) is 10.8. The lowest BCUT2D eigenvalue weighted by Crippen LogP contribution is -2.41. The third-order valence-corrected chi connectivity index (χ3v) is 14.1. The molecule has 4 aliphatic rings. The van der Waals surface area contributed by atoms with E-state index in [0.717, 1.165) is 31.4 Å². The number of aryl methyl sites for hydroxylation is 2. The van der Waals surface area contributed by atoms with Crippen LogP contribution in [0.5, 0.6) is 0 Å². The van der Waals surface area contributed by atoms with Crippen molar-refractivity contribution in [2.24, 2.45) is 5.92 Å².